The van der Waals surface area contributed by atoms with Crippen LogP contribution in [0.4, 0.5) is 0 Å². The minimum atomic E-state index is 0.235. The molecule has 1 aromatic carbocycles. The van der Waals surface area contributed by atoms with Gasteiger partial charge in [0, 0.05) is 26.1 Å². The molecule has 0 radical (unpaired) electrons. The molecule has 1 aromatic rings. The molecule has 1 saturated heterocycles. The van der Waals surface area contributed by atoms with Crippen molar-refractivity contribution >= 4 is 29.0 Å². The molecule has 1 atom stereocenters. The monoisotopic (exact) mass is 272 g/mol. The first-order valence-electron chi connectivity index (χ1n) is 5.68. The van der Waals surface area contributed by atoms with E-state index in [1.54, 1.807) is 12.1 Å². The molecule has 2 rings (SSSR count). The first-order valence-corrected chi connectivity index (χ1v) is 6.44. The maximum atomic E-state index is 11.8. The minimum absolute atomic E-state index is 0.235. The number of Topliss-reactive ketones (excluding diaryl/α,β-unsaturated/α-hetero) is 1. The third-order valence-electron chi connectivity index (χ3n) is 2.93. The first kappa shape index (κ1) is 12.9. The van der Waals surface area contributed by atoms with Gasteiger partial charge in [0.15, 0.2) is 0 Å². The lowest BCUT2D eigenvalue weighted by Crippen LogP contribution is -2.10. The van der Waals surface area contributed by atoms with E-state index in [4.69, 9.17) is 27.9 Å². The van der Waals surface area contributed by atoms with Gasteiger partial charge >= 0.3 is 0 Å². The van der Waals surface area contributed by atoms with Gasteiger partial charge in [0.2, 0.25) is 0 Å². The normalized spacial score (nSPS) is 19.5. The smallest absolute Gasteiger partial charge is 0.137 e. The lowest BCUT2D eigenvalue weighted by atomic mass is 9.98. The van der Waals surface area contributed by atoms with Gasteiger partial charge in [0.25, 0.3) is 0 Å². The second kappa shape index (κ2) is 5.85. The van der Waals surface area contributed by atoms with Gasteiger partial charge in [-0.3, -0.25) is 4.79 Å². The summed E-state index contributed by atoms with van der Waals surface area (Å²) in [4.78, 5) is 11.8. The van der Waals surface area contributed by atoms with Gasteiger partial charge in [-0.1, -0.05) is 29.3 Å². The largest absolute Gasteiger partial charge is 0.381 e. The van der Waals surface area contributed by atoms with Gasteiger partial charge in [-0.15, -0.1) is 0 Å². The van der Waals surface area contributed by atoms with Crippen LogP contribution >= 0.6 is 23.2 Å². The predicted molar refractivity (Wildman–Crippen MR) is 68.7 cm³/mol. The number of benzene rings is 1. The summed E-state index contributed by atoms with van der Waals surface area (Å²) < 4.78 is 5.25. The Morgan fingerprint density at radius 2 is 2.18 bits per heavy atom. The summed E-state index contributed by atoms with van der Waals surface area (Å²) in [6.45, 7) is 1.50. The zero-order valence-electron chi connectivity index (χ0n) is 9.42. The van der Waals surface area contributed by atoms with Crippen LogP contribution in [0.25, 0.3) is 0 Å². The van der Waals surface area contributed by atoms with E-state index in [1.165, 1.54) is 0 Å². The second-order valence-electron chi connectivity index (χ2n) is 4.40. The fraction of sp³-hybridized carbons (Fsp3) is 0.462. The van der Waals surface area contributed by atoms with Crippen LogP contribution in [0.3, 0.4) is 0 Å². The third kappa shape index (κ3) is 3.70. The van der Waals surface area contributed by atoms with Gasteiger partial charge in [-0.2, -0.15) is 0 Å². The average Bonchev–Trinajstić information content (AvgIpc) is 2.76. The van der Waals surface area contributed by atoms with E-state index in [2.05, 4.69) is 0 Å². The highest BCUT2D eigenvalue weighted by Gasteiger charge is 2.19. The van der Waals surface area contributed by atoms with Gasteiger partial charge < -0.3 is 4.74 Å². The Bertz CT molecular complexity index is 412. The lowest BCUT2D eigenvalue weighted by molar-refractivity contribution is -0.119. The van der Waals surface area contributed by atoms with Crippen molar-refractivity contribution in [2.75, 3.05) is 13.2 Å². The molecule has 92 valence electrons. The van der Waals surface area contributed by atoms with Gasteiger partial charge in [0.1, 0.15) is 5.78 Å². The number of carbonyl (C=O) groups is 1. The molecule has 1 aliphatic rings. The summed E-state index contributed by atoms with van der Waals surface area (Å²) in [5.41, 5.74) is 0.920. The van der Waals surface area contributed by atoms with Gasteiger partial charge in [-0.05, 0) is 30.0 Å². The Morgan fingerprint density at radius 1 is 1.35 bits per heavy atom. The van der Waals surface area contributed by atoms with E-state index in [0.29, 0.717) is 35.4 Å². The van der Waals surface area contributed by atoms with Crippen LogP contribution < -0.4 is 0 Å². The molecular formula is C13H14Cl2O2. The molecule has 0 spiro atoms. The van der Waals surface area contributed by atoms with Gasteiger partial charge in [0.05, 0.1) is 10.0 Å². The zero-order chi connectivity index (χ0) is 12.3. The number of rotatable bonds is 4. The summed E-state index contributed by atoms with van der Waals surface area (Å²) in [5.74, 6) is 0.629. The van der Waals surface area contributed by atoms with E-state index in [9.17, 15) is 4.79 Å². The van der Waals surface area contributed by atoms with E-state index >= 15 is 0 Å². The Morgan fingerprint density at radius 3 is 2.82 bits per heavy atom. The fourth-order valence-electron chi connectivity index (χ4n) is 2.02. The molecule has 0 bridgehead atoms. The fourth-order valence-corrected chi connectivity index (χ4v) is 2.34. The zero-order valence-corrected chi connectivity index (χ0v) is 10.9. The van der Waals surface area contributed by atoms with E-state index < -0.39 is 0 Å². The quantitative estimate of drug-likeness (QED) is 0.838. The molecule has 4 heteroatoms. The molecule has 0 aliphatic carbocycles. The van der Waals surface area contributed by atoms with Crippen LogP contribution in [-0.4, -0.2) is 19.0 Å². The highest BCUT2D eigenvalue weighted by Crippen LogP contribution is 2.24. The number of ether oxygens (including phenoxy) is 1. The Kier molecular flexibility index (Phi) is 4.43. The van der Waals surface area contributed by atoms with Crippen molar-refractivity contribution in [3.8, 4) is 0 Å². The first-order chi connectivity index (χ1) is 8.15. The van der Waals surface area contributed by atoms with Crippen molar-refractivity contribution in [3.63, 3.8) is 0 Å². The summed E-state index contributed by atoms with van der Waals surface area (Å²) in [6, 6.07) is 5.33. The van der Waals surface area contributed by atoms with Crippen molar-refractivity contribution in [2.45, 2.75) is 19.3 Å². The molecule has 0 saturated carbocycles. The second-order valence-corrected chi connectivity index (χ2v) is 5.21. The average molecular weight is 273 g/mol. The van der Waals surface area contributed by atoms with Crippen LogP contribution in [0.2, 0.25) is 10.0 Å². The molecule has 1 aliphatic heterocycles. The van der Waals surface area contributed by atoms with Crippen molar-refractivity contribution in [2.24, 2.45) is 5.92 Å². The number of hydrogen-bond donors (Lipinski definition) is 0. The predicted octanol–water partition coefficient (Wildman–Crippen LogP) is 3.53. The Hall–Kier alpha value is -0.570. The lowest BCUT2D eigenvalue weighted by Gasteiger charge is -2.07. The van der Waals surface area contributed by atoms with E-state index in [0.717, 1.165) is 18.6 Å². The number of halogens is 2. The van der Waals surface area contributed by atoms with Crippen molar-refractivity contribution in [1.29, 1.82) is 0 Å². The summed E-state index contributed by atoms with van der Waals surface area (Å²) >= 11 is 11.7. The molecule has 0 amide bonds. The number of ketones is 1. The van der Waals surface area contributed by atoms with Crippen LogP contribution in [0, 0.1) is 5.92 Å². The van der Waals surface area contributed by atoms with Crippen molar-refractivity contribution in [3.05, 3.63) is 33.8 Å². The van der Waals surface area contributed by atoms with E-state index in [-0.39, 0.29) is 5.78 Å². The SMILES string of the molecule is O=C(Cc1ccc(Cl)c(Cl)c1)CC1CCOC1. The van der Waals surface area contributed by atoms with Crippen LogP contribution in [-0.2, 0) is 16.0 Å². The molecule has 1 unspecified atom stereocenters. The van der Waals surface area contributed by atoms with Gasteiger partial charge in [-0.25, -0.2) is 0 Å². The van der Waals surface area contributed by atoms with Crippen LogP contribution in [0.15, 0.2) is 18.2 Å². The Balaban J connectivity index is 1.90. The summed E-state index contributed by atoms with van der Waals surface area (Å²) in [6.07, 6.45) is 2.01. The molecule has 0 aromatic heterocycles. The molecular weight excluding hydrogens is 259 g/mol. The maximum Gasteiger partial charge on any atom is 0.137 e. The highest BCUT2D eigenvalue weighted by atomic mass is 35.5. The maximum absolute atomic E-state index is 11.8. The van der Waals surface area contributed by atoms with Crippen LogP contribution in [0.1, 0.15) is 18.4 Å². The molecule has 1 heterocycles. The van der Waals surface area contributed by atoms with Crippen molar-refractivity contribution in [1.82, 2.24) is 0 Å². The highest BCUT2D eigenvalue weighted by molar-refractivity contribution is 6.42. The molecule has 0 N–H and O–H groups in total. The van der Waals surface area contributed by atoms with E-state index in [1.807, 2.05) is 6.07 Å². The summed E-state index contributed by atoms with van der Waals surface area (Å²) in [5, 5.41) is 1.02. The third-order valence-corrected chi connectivity index (χ3v) is 3.66. The molecule has 2 nitrogen and oxygen atoms in total. The number of carbonyl (C=O) groups excluding carboxylic acids is 1. The van der Waals surface area contributed by atoms with Crippen molar-refractivity contribution < 1.29 is 9.53 Å². The minimum Gasteiger partial charge on any atom is -0.381 e. The number of hydrogen-bond acceptors (Lipinski definition) is 2. The summed E-state index contributed by atoms with van der Waals surface area (Å²) in [7, 11) is 0. The molecule has 1 fully saturated rings. The topological polar surface area (TPSA) is 26.3 Å². The van der Waals surface area contributed by atoms with Crippen LogP contribution in [0.5, 0.6) is 0 Å². The Labute approximate surface area is 111 Å². The molecule has 17 heavy (non-hydrogen) atoms. The standard InChI is InChI=1S/C13H14Cl2O2/c14-12-2-1-9(7-13(12)15)5-11(16)6-10-3-4-17-8-10/h1-2,7,10H,3-6,8H2.